The van der Waals surface area contributed by atoms with Crippen molar-refractivity contribution in [2.24, 2.45) is 0 Å². The molecule has 1 N–H and O–H groups in total. The van der Waals surface area contributed by atoms with Crippen molar-refractivity contribution in [1.29, 1.82) is 5.26 Å². The first-order valence-electron chi connectivity index (χ1n) is 7.31. The molecule has 2 heterocycles. The fourth-order valence-corrected chi connectivity index (χ4v) is 3.45. The molecular weight excluding hydrogens is 294 g/mol. The van der Waals surface area contributed by atoms with Gasteiger partial charge in [-0.15, -0.1) is 11.3 Å². The molecule has 1 atom stereocenters. The minimum absolute atomic E-state index is 0.101. The van der Waals surface area contributed by atoms with Crippen molar-refractivity contribution in [1.82, 2.24) is 10.2 Å². The Balaban J connectivity index is 1.54. The molecule has 1 aromatic carbocycles. The lowest BCUT2D eigenvalue weighted by molar-refractivity contribution is -0.129. The molecule has 1 aliphatic heterocycles. The normalized spacial score (nSPS) is 17.7. The number of nitrogens with one attached hydrogen (secondary N) is 1. The third-order valence-electron chi connectivity index (χ3n) is 3.81. The van der Waals surface area contributed by atoms with Crippen LogP contribution in [0.25, 0.3) is 0 Å². The lowest BCUT2D eigenvalue weighted by Crippen LogP contribution is -2.37. The van der Waals surface area contributed by atoms with E-state index in [4.69, 9.17) is 5.26 Å². The molecule has 1 aliphatic rings. The minimum atomic E-state index is -0.101. The predicted octanol–water partition coefficient (Wildman–Crippen LogP) is 2.51. The van der Waals surface area contributed by atoms with Gasteiger partial charge in [-0.05, 0) is 24.1 Å². The molecule has 0 saturated carbocycles. The summed E-state index contributed by atoms with van der Waals surface area (Å²) >= 11 is 1.46. The van der Waals surface area contributed by atoms with E-state index in [0.717, 1.165) is 17.8 Å². The summed E-state index contributed by atoms with van der Waals surface area (Å²) in [5, 5.41) is 12.2. The number of likely N-dealkylation sites (tertiary alicyclic amines) is 1. The number of benzene rings is 1. The van der Waals surface area contributed by atoms with Gasteiger partial charge in [0.25, 0.3) is 0 Å². The number of carbonyl (C=O) groups is 1. The Kier molecular flexibility index (Phi) is 4.52. The molecule has 1 fully saturated rings. The SMILES string of the molecule is N#Cc1ccc(CN2CC[C@H](NCc3ccccc3)C2=O)s1. The maximum absolute atomic E-state index is 12.4. The van der Waals surface area contributed by atoms with Crippen LogP contribution in [0.4, 0.5) is 0 Å². The van der Waals surface area contributed by atoms with Crippen molar-refractivity contribution in [2.45, 2.75) is 25.6 Å². The standard InChI is InChI=1S/C17H17N3OS/c18-10-14-6-7-15(22-14)12-20-9-8-16(17(20)21)19-11-13-4-2-1-3-5-13/h1-7,16,19H,8-9,11-12H2/t16-/m0/s1. The third kappa shape index (κ3) is 3.35. The van der Waals surface area contributed by atoms with Gasteiger partial charge in [-0.3, -0.25) is 4.79 Å². The Labute approximate surface area is 134 Å². The minimum Gasteiger partial charge on any atom is -0.336 e. The summed E-state index contributed by atoms with van der Waals surface area (Å²) in [6.45, 7) is 2.09. The van der Waals surface area contributed by atoms with Crippen LogP contribution in [0.1, 0.15) is 21.7 Å². The van der Waals surface area contributed by atoms with Crippen LogP contribution >= 0.6 is 11.3 Å². The van der Waals surface area contributed by atoms with Crippen LogP contribution in [0.15, 0.2) is 42.5 Å². The Bertz CT molecular complexity index is 689. The lowest BCUT2D eigenvalue weighted by Gasteiger charge is -2.16. The average Bonchev–Trinajstić information content (AvgIpc) is 3.15. The zero-order valence-corrected chi connectivity index (χ0v) is 13.0. The van der Waals surface area contributed by atoms with Gasteiger partial charge in [0, 0.05) is 18.0 Å². The molecule has 1 saturated heterocycles. The van der Waals surface area contributed by atoms with Crippen molar-refractivity contribution < 1.29 is 4.79 Å². The number of nitriles is 1. The summed E-state index contributed by atoms with van der Waals surface area (Å²) in [6, 6.07) is 15.9. The Hall–Kier alpha value is -2.16. The molecule has 0 spiro atoms. The van der Waals surface area contributed by atoms with Gasteiger partial charge in [0.15, 0.2) is 0 Å². The van der Waals surface area contributed by atoms with Crippen molar-refractivity contribution in [3.05, 3.63) is 57.8 Å². The second kappa shape index (κ2) is 6.73. The molecule has 3 rings (SSSR count). The summed E-state index contributed by atoms with van der Waals surface area (Å²) in [4.78, 5) is 16.0. The highest BCUT2D eigenvalue weighted by Crippen LogP contribution is 2.21. The number of thiophene rings is 1. The van der Waals surface area contributed by atoms with Crippen LogP contribution < -0.4 is 5.32 Å². The van der Waals surface area contributed by atoms with E-state index in [1.807, 2.05) is 35.2 Å². The van der Waals surface area contributed by atoms with Gasteiger partial charge < -0.3 is 10.2 Å². The predicted molar refractivity (Wildman–Crippen MR) is 86.1 cm³/mol. The van der Waals surface area contributed by atoms with Crippen LogP contribution in [-0.4, -0.2) is 23.4 Å². The maximum Gasteiger partial charge on any atom is 0.240 e. The third-order valence-corrected chi connectivity index (χ3v) is 4.79. The van der Waals surface area contributed by atoms with Crippen molar-refractivity contribution in [3.8, 4) is 6.07 Å². The van der Waals surface area contributed by atoms with Gasteiger partial charge >= 0.3 is 0 Å². The number of hydrogen-bond donors (Lipinski definition) is 1. The Morgan fingerprint density at radius 1 is 1.27 bits per heavy atom. The fraction of sp³-hybridized carbons (Fsp3) is 0.294. The van der Waals surface area contributed by atoms with Gasteiger partial charge in [-0.1, -0.05) is 30.3 Å². The van der Waals surface area contributed by atoms with Crippen molar-refractivity contribution in [3.63, 3.8) is 0 Å². The monoisotopic (exact) mass is 311 g/mol. The zero-order chi connectivity index (χ0) is 15.4. The van der Waals surface area contributed by atoms with Gasteiger partial charge in [0.2, 0.25) is 5.91 Å². The molecule has 0 unspecified atom stereocenters. The van der Waals surface area contributed by atoms with Crippen LogP contribution in [0, 0.1) is 11.3 Å². The lowest BCUT2D eigenvalue weighted by atomic mass is 10.2. The quantitative estimate of drug-likeness (QED) is 0.923. The summed E-state index contributed by atoms with van der Waals surface area (Å²) in [7, 11) is 0. The largest absolute Gasteiger partial charge is 0.336 e. The highest BCUT2D eigenvalue weighted by atomic mass is 32.1. The Morgan fingerprint density at radius 3 is 2.82 bits per heavy atom. The molecule has 0 bridgehead atoms. The van der Waals surface area contributed by atoms with E-state index in [2.05, 4.69) is 23.5 Å². The molecule has 2 aromatic rings. The fourth-order valence-electron chi connectivity index (χ4n) is 2.63. The van der Waals surface area contributed by atoms with E-state index >= 15 is 0 Å². The molecule has 112 valence electrons. The Morgan fingerprint density at radius 2 is 2.09 bits per heavy atom. The summed E-state index contributed by atoms with van der Waals surface area (Å²) in [5.41, 5.74) is 1.19. The second-order valence-corrected chi connectivity index (χ2v) is 6.51. The number of amides is 1. The number of carbonyl (C=O) groups excluding carboxylic acids is 1. The number of hydrogen-bond acceptors (Lipinski definition) is 4. The topological polar surface area (TPSA) is 56.1 Å². The van der Waals surface area contributed by atoms with Crippen LogP contribution in [-0.2, 0) is 17.9 Å². The molecule has 4 nitrogen and oxygen atoms in total. The van der Waals surface area contributed by atoms with E-state index < -0.39 is 0 Å². The number of rotatable bonds is 5. The summed E-state index contributed by atoms with van der Waals surface area (Å²) < 4.78 is 0. The summed E-state index contributed by atoms with van der Waals surface area (Å²) in [6.07, 6.45) is 0.835. The van der Waals surface area contributed by atoms with Gasteiger partial charge in [-0.2, -0.15) is 5.26 Å². The zero-order valence-electron chi connectivity index (χ0n) is 12.2. The number of nitrogens with zero attached hydrogens (tertiary/aromatic N) is 2. The molecule has 5 heteroatoms. The molecule has 0 radical (unpaired) electrons. The van der Waals surface area contributed by atoms with Gasteiger partial charge in [0.05, 0.1) is 12.6 Å². The molecule has 0 aliphatic carbocycles. The summed E-state index contributed by atoms with van der Waals surface area (Å²) in [5.74, 6) is 0.155. The first-order chi connectivity index (χ1) is 10.8. The van der Waals surface area contributed by atoms with Crippen LogP contribution in [0.2, 0.25) is 0 Å². The molecule has 1 aromatic heterocycles. The maximum atomic E-state index is 12.4. The second-order valence-electron chi connectivity index (χ2n) is 5.35. The highest BCUT2D eigenvalue weighted by molar-refractivity contribution is 7.12. The van der Waals surface area contributed by atoms with E-state index in [-0.39, 0.29) is 11.9 Å². The van der Waals surface area contributed by atoms with E-state index in [1.54, 1.807) is 0 Å². The van der Waals surface area contributed by atoms with Crippen molar-refractivity contribution in [2.75, 3.05) is 6.54 Å². The highest BCUT2D eigenvalue weighted by Gasteiger charge is 2.31. The average molecular weight is 311 g/mol. The first-order valence-corrected chi connectivity index (χ1v) is 8.13. The molecular formula is C17H17N3OS. The van der Waals surface area contributed by atoms with E-state index in [1.165, 1.54) is 16.9 Å². The van der Waals surface area contributed by atoms with Gasteiger partial charge in [-0.25, -0.2) is 0 Å². The smallest absolute Gasteiger partial charge is 0.240 e. The van der Waals surface area contributed by atoms with Crippen LogP contribution in [0.5, 0.6) is 0 Å². The molecule has 1 amide bonds. The molecule has 22 heavy (non-hydrogen) atoms. The van der Waals surface area contributed by atoms with Crippen LogP contribution in [0.3, 0.4) is 0 Å². The first kappa shape index (κ1) is 14.8. The van der Waals surface area contributed by atoms with Gasteiger partial charge in [0.1, 0.15) is 10.9 Å². The van der Waals surface area contributed by atoms with E-state index in [9.17, 15) is 4.79 Å². The van der Waals surface area contributed by atoms with E-state index in [0.29, 0.717) is 18.0 Å². The van der Waals surface area contributed by atoms with Crippen molar-refractivity contribution >= 4 is 17.2 Å².